The zero-order chi connectivity index (χ0) is 20.5. The number of benzene rings is 3. The van der Waals surface area contributed by atoms with E-state index in [2.05, 4.69) is 28.6 Å². The molecule has 0 spiro atoms. The molecular formula is C25H22ClN3O. The van der Waals surface area contributed by atoms with Crippen LogP contribution in [0.3, 0.4) is 0 Å². The molecule has 1 aliphatic carbocycles. The number of carbonyl (C=O) groups is 1. The number of rotatable bonds is 4. The minimum atomic E-state index is -0.0437. The quantitative estimate of drug-likeness (QED) is 0.475. The topological polar surface area (TPSA) is 46.9 Å². The predicted molar refractivity (Wildman–Crippen MR) is 120 cm³/mol. The van der Waals surface area contributed by atoms with E-state index in [0.717, 1.165) is 35.7 Å². The Labute approximate surface area is 180 Å². The lowest BCUT2D eigenvalue weighted by Gasteiger charge is -2.26. The van der Waals surface area contributed by atoms with Gasteiger partial charge in [-0.1, -0.05) is 54.1 Å². The summed E-state index contributed by atoms with van der Waals surface area (Å²) in [5.74, 6) is -0.0437. The molecule has 4 nitrogen and oxygen atoms in total. The van der Waals surface area contributed by atoms with E-state index in [0.29, 0.717) is 17.1 Å². The van der Waals surface area contributed by atoms with E-state index in [9.17, 15) is 4.79 Å². The lowest BCUT2D eigenvalue weighted by molar-refractivity contribution is 0.0933. The molecule has 1 atom stereocenters. The first-order valence-corrected chi connectivity index (χ1v) is 10.6. The minimum absolute atomic E-state index is 0.0437. The molecule has 0 radical (unpaired) electrons. The number of aryl methyl sites for hydroxylation is 1. The van der Waals surface area contributed by atoms with Crippen LogP contribution in [-0.4, -0.2) is 15.7 Å². The molecule has 5 rings (SSSR count). The molecule has 0 aliphatic heterocycles. The first kappa shape index (κ1) is 18.9. The van der Waals surface area contributed by atoms with Gasteiger partial charge in [0.05, 0.1) is 24.3 Å². The Morgan fingerprint density at radius 3 is 2.80 bits per heavy atom. The predicted octanol–water partition coefficient (Wildman–Crippen LogP) is 5.55. The number of hydrogen-bond acceptors (Lipinski definition) is 2. The maximum absolute atomic E-state index is 13.0. The SMILES string of the molecule is O=C(N[C@H]1CCCc2ccccc21)c1ccc2cnn(Cc3ccc(Cl)cc3)c2c1. The fraction of sp³-hybridized carbons (Fsp3) is 0.200. The molecule has 0 unspecified atom stereocenters. The van der Waals surface area contributed by atoms with Gasteiger partial charge in [-0.25, -0.2) is 0 Å². The molecule has 0 bridgehead atoms. The van der Waals surface area contributed by atoms with Gasteiger partial charge in [0.1, 0.15) is 0 Å². The molecule has 1 heterocycles. The molecule has 3 aromatic carbocycles. The first-order valence-electron chi connectivity index (χ1n) is 10.3. The maximum Gasteiger partial charge on any atom is 0.251 e. The number of nitrogens with zero attached hydrogens (tertiary/aromatic N) is 2. The Bertz CT molecular complexity index is 1210. The van der Waals surface area contributed by atoms with Gasteiger partial charge in [-0.15, -0.1) is 0 Å². The van der Waals surface area contributed by atoms with E-state index in [1.807, 2.05) is 59.4 Å². The zero-order valence-corrected chi connectivity index (χ0v) is 17.3. The van der Waals surface area contributed by atoms with Gasteiger partial charge in [-0.05, 0) is 60.2 Å². The molecule has 0 saturated carbocycles. The summed E-state index contributed by atoms with van der Waals surface area (Å²) in [5.41, 5.74) is 5.29. The van der Waals surface area contributed by atoms with E-state index in [4.69, 9.17) is 11.6 Å². The van der Waals surface area contributed by atoms with Gasteiger partial charge in [0.15, 0.2) is 0 Å². The molecule has 0 fully saturated rings. The number of aromatic nitrogens is 2. The third kappa shape index (κ3) is 3.71. The van der Waals surface area contributed by atoms with Crippen molar-refractivity contribution in [3.8, 4) is 0 Å². The van der Waals surface area contributed by atoms with Crippen LogP contribution in [-0.2, 0) is 13.0 Å². The average molecular weight is 416 g/mol. The van der Waals surface area contributed by atoms with Gasteiger partial charge in [-0.3, -0.25) is 9.48 Å². The summed E-state index contributed by atoms with van der Waals surface area (Å²) in [6, 6.07) is 22.0. The Morgan fingerprint density at radius 1 is 1.10 bits per heavy atom. The van der Waals surface area contributed by atoms with Crippen LogP contribution in [0.4, 0.5) is 0 Å². The Kier molecular flexibility index (Phi) is 5.01. The normalized spacial score (nSPS) is 15.7. The van der Waals surface area contributed by atoms with Crippen LogP contribution in [0.1, 0.15) is 45.9 Å². The summed E-state index contributed by atoms with van der Waals surface area (Å²) in [6.45, 7) is 0.627. The average Bonchev–Trinajstić information content (AvgIpc) is 3.17. The van der Waals surface area contributed by atoms with Gasteiger partial charge < -0.3 is 5.32 Å². The number of carbonyl (C=O) groups excluding carboxylic acids is 1. The van der Waals surface area contributed by atoms with Gasteiger partial charge in [0, 0.05) is 16.0 Å². The second kappa shape index (κ2) is 7.96. The molecule has 30 heavy (non-hydrogen) atoms. The van der Waals surface area contributed by atoms with Crippen LogP contribution in [0, 0.1) is 0 Å². The third-order valence-electron chi connectivity index (χ3n) is 5.83. The highest BCUT2D eigenvalue weighted by Gasteiger charge is 2.22. The highest BCUT2D eigenvalue weighted by atomic mass is 35.5. The zero-order valence-electron chi connectivity index (χ0n) is 16.5. The van der Waals surface area contributed by atoms with E-state index < -0.39 is 0 Å². The first-order chi connectivity index (χ1) is 14.7. The summed E-state index contributed by atoms with van der Waals surface area (Å²) in [6.07, 6.45) is 4.98. The summed E-state index contributed by atoms with van der Waals surface area (Å²) < 4.78 is 1.92. The largest absolute Gasteiger partial charge is 0.345 e. The van der Waals surface area contributed by atoms with Crippen molar-refractivity contribution in [3.63, 3.8) is 0 Å². The van der Waals surface area contributed by atoms with Crippen molar-refractivity contribution in [1.29, 1.82) is 0 Å². The van der Waals surface area contributed by atoms with Crippen LogP contribution in [0.5, 0.6) is 0 Å². The molecule has 4 aromatic rings. The molecule has 0 saturated heterocycles. The van der Waals surface area contributed by atoms with E-state index in [-0.39, 0.29) is 11.9 Å². The number of amides is 1. The highest BCUT2D eigenvalue weighted by Crippen LogP contribution is 2.30. The minimum Gasteiger partial charge on any atom is -0.345 e. The Balaban J connectivity index is 1.39. The molecule has 150 valence electrons. The maximum atomic E-state index is 13.0. The van der Waals surface area contributed by atoms with Crippen LogP contribution in [0.2, 0.25) is 5.02 Å². The molecule has 1 aliphatic rings. The standard InChI is InChI=1S/C25H22ClN3O/c26-21-12-8-17(9-13-21)16-29-24-14-19(10-11-20(24)15-27-29)25(30)28-23-7-3-5-18-4-1-2-6-22(18)23/h1-2,4,6,8-15,23H,3,5,7,16H2,(H,28,30)/t23-/m0/s1. The van der Waals surface area contributed by atoms with Crippen molar-refractivity contribution in [2.45, 2.75) is 31.8 Å². The number of nitrogens with one attached hydrogen (secondary N) is 1. The van der Waals surface area contributed by atoms with Gasteiger partial charge >= 0.3 is 0 Å². The fourth-order valence-electron chi connectivity index (χ4n) is 4.25. The van der Waals surface area contributed by atoms with Crippen molar-refractivity contribution >= 4 is 28.4 Å². The number of fused-ring (bicyclic) bond motifs is 2. The van der Waals surface area contributed by atoms with Gasteiger partial charge in [0.2, 0.25) is 0 Å². The summed E-state index contributed by atoms with van der Waals surface area (Å²) >= 11 is 5.99. The van der Waals surface area contributed by atoms with Gasteiger partial charge in [0.25, 0.3) is 5.91 Å². The van der Waals surface area contributed by atoms with Crippen LogP contribution in [0.25, 0.3) is 10.9 Å². The lowest BCUT2D eigenvalue weighted by Crippen LogP contribution is -2.30. The van der Waals surface area contributed by atoms with E-state index >= 15 is 0 Å². The van der Waals surface area contributed by atoms with Crippen LogP contribution >= 0.6 is 11.6 Å². The van der Waals surface area contributed by atoms with Crippen molar-refractivity contribution in [3.05, 3.63) is 100 Å². The van der Waals surface area contributed by atoms with Crippen molar-refractivity contribution in [1.82, 2.24) is 15.1 Å². The van der Waals surface area contributed by atoms with Crippen LogP contribution in [0.15, 0.2) is 72.9 Å². The second-order valence-corrected chi connectivity index (χ2v) is 8.26. The highest BCUT2D eigenvalue weighted by molar-refractivity contribution is 6.30. The summed E-state index contributed by atoms with van der Waals surface area (Å²) in [5, 5.41) is 9.48. The Hall–Kier alpha value is -3.11. The third-order valence-corrected chi connectivity index (χ3v) is 6.08. The monoisotopic (exact) mass is 415 g/mol. The van der Waals surface area contributed by atoms with Crippen molar-refractivity contribution in [2.24, 2.45) is 0 Å². The molecule has 5 heteroatoms. The van der Waals surface area contributed by atoms with Gasteiger partial charge in [-0.2, -0.15) is 5.10 Å². The van der Waals surface area contributed by atoms with E-state index in [1.165, 1.54) is 11.1 Å². The second-order valence-electron chi connectivity index (χ2n) is 7.82. The van der Waals surface area contributed by atoms with E-state index in [1.54, 1.807) is 0 Å². The van der Waals surface area contributed by atoms with Crippen molar-refractivity contribution < 1.29 is 4.79 Å². The smallest absolute Gasteiger partial charge is 0.251 e. The van der Waals surface area contributed by atoms with Crippen LogP contribution < -0.4 is 5.32 Å². The molecule has 1 aromatic heterocycles. The molecule has 1 N–H and O–H groups in total. The fourth-order valence-corrected chi connectivity index (χ4v) is 4.37. The summed E-state index contributed by atoms with van der Waals surface area (Å²) in [4.78, 5) is 13.0. The van der Waals surface area contributed by atoms with Crippen molar-refractivity contribution in [2.75, 3.05) is 0 Å². The number of hydrogen-bond donors (Lipinski definition) is 1. The Morgan fingerprint density at radius 2 is 1.93 bits per heavy atom. The number of halogens is 1. The molecular weight excluding hydrogens is 394 g/mol. The molecule has 1 amide bonds. The summed E-state index contributed by atoms with van der Waals surface area (Å²) in [7, 11) is 0. The lowest BCUT2D eigenvalue weighted by atomic mass is 9.87.